The van der Waals surface area contributed by atoms with Crippen LogP contribution in [0.2, 0.25) is 0 Å². The third-order valence-electron chi connectivity index (χ3n) is 1.34. The molecule has 1 fully saturated rings. The molecule has 9 heavy (non-hydrogen) atoms. The summed E-state index contributed by atoms with van der Waals surface area (Å²) in [6.45, 7) is 2.88. The Bertz CT molecular complexity index is 97.1. The van der Waals surface area contributed by atoms with Gasteiger partial charge in [0.2, 0.25) is 0 Å². The van der Waals surface area contributed by atoms with Crippen LogP contribution in [0.15, 0.2) is 5.16 Å². The Morgan fingerprint density at radius 2 is 2.44 bits per heavy atom. The summed E-state index contributed by atoms with van der Waals surface area (Å²) >= 11 is 0. The Kier molecular flexibility index (Phi) is 2.55. The van der Waals surface area contributed by atoms with Gasteiger partial charge < -0.3 is 4.84 Å². The second kappa shape index (κ2) is 3.49. The normalized spacial score (nSPS) is 18.8. The molecule has 0 spiro atoms. The van der Waals surface area contributed by atoms with Crippen LogP contribution in [0.5, 0.6) is 0 Å². The van der Waals surface area contributed by atoms with Gasteiger partial charge in [0.15, 0.2) is 0 Å². The van der Waals surface area contributed by atoms with Crippen LogP contribution in [0.25, 0.3) is 0 Å². The predicted octanol–water partition coefficient (Wildman–Crippen LogP) is 1.81. The molecule has 1 saturated carbocycles. The minimum absolute atomic E-state index is 0.819. The van der Waals surface area contributed by atoms with Crippen molar-refractivity contribution in [2.45, 2.75) is 26.2 Å². The molecule has 0 radical (unpaired) electrons. The molecule has 0 aliphatic heterocycles. The lowest BCUT2D eigenvalue weighted by Gasteiger charge is -1.92. The van der Waals surface area contributed by atoms with Gasteiger partial charge in [0.1, 0.15) is 6.61 Å². The maximum atomic E-state index is 4.97. The number of nitrogens with zero attached hydrogens (tertiary/aromatic N) is 1. The van der Waals surface area contributed by atoms with E-state index in [0.29, 0.717) is 0 Å². The molecule has 2 nitrogen and oxygen atoms in total. The highest BCUT2D eigenvalue weighted by atomic mass is 16.6. The van der Waals surface area contributed by atoms with Crippen LogP contribution in [-0.4, -0.2) is 12.8 Å². The number of hydrogen-bond donors (Lipinski definition) is 0. The average molecular weight is 127 g/mol. The Balaban J connectivity index is 1.85. The fraction of sp³-hybridized carbons (Fsp3) is 0.857. The van der Waals surface area contributed by atoms with Gasteiger partial charge in [-0.3, -0.25) is 0 Å². The smallest absolute Gasteiger partial charge is 0.120 e. The van der Waals surface area contributed by atoms with Crippen molar-refractivity contribution in [1.82, 2.24) is 0 Å². The summed E-state index contributed by atoms with van der Waals surface area (Å²) in [6, 6.07) is 0. The van der Waals surface area contributed by atoms with E-state index in [1.807, 2.05) is 6.92 Å². The molecule has 1 rings (SSSR count). The van der Waals surface area contributed by atoms with Gasteiger partial charge >= 0.3 is 0 Å². The molecular weight excluding hydrogens is 114 g/mol. The maximum absolute atomic E-state index is 4.97. The van der Waals surface area contributed by atoms with Gasteiger partial charge in [-0.15, -0.1) is 0 Å². The molecule has 0 unspecified atom stereocenters. The Hall–Kier alpha value is -0.530. The van der Waals surface area contributed by atoms with Gasteiger partial charge in [-0.2, -0.15) is 0 Å². The molecule has 2 heteroatoms. The van der Waals surface area contributed by atoms with Crippen molar-refractivity contribution in [3.8, 4) is 0 Å². The minimum atomic E-state index is 0.819. The predicted molar refractivity (Wildman–Crippen MR) is 37.5 cm³/mol. The fourth-order valence-electron chi connectivity index (χ4n) is 0.560. The molecule has 0 aromatic heterocycles. The lowest BCUT2D eigenvalue weighted by molar-refractivity contribution is 0.135. The van der Waals surface area contributed by atoms with Gasteiger partial charge in [-0.05, 0) is 25.2 Å². The third kappa shape index (κ3) is 3.12. The first kappa shape index (κ1) is 6.59. The van der Waals surface area contributed by atoms with E-state index in [1.165, 1.54) is 12.8 Å². The standard InChI is InChI=1S/C7H13NO/c1-2-5-8-9-6-7-3-4-7/h5,7H,2-4,6H2,1H3. The molecule has 0 aromatic carbocycles. The van der Waals surface area contributed by atoms with E-state index in [2.05, 4.69) is 5.16 Å². The highest BCUT2D eigenvalue weighted by Gasteiger charge is 2.21. The summed E-state index contributed by atoms with van der Waals surface area (Å²) in [7, 11) is 0. The maximum Gasteiger partial charge on any atom is 0.120 e. The molecule has 0 saturated heterocycles. The number of hydrogen-bond acceptors (Lipinski definition) is 2. The van der Waals surface area contributed by atoms with Crippen LogP contribution < -0.4 is 0 Å². The zero-order valence-electron chi connectivity index (χ0n) is 5.84. The molecular formula is C7H13NO. The molecule has 0 atom stereocenters. The largest absolute Gasteiger partial charge is 0.396 e. The van der Waals surface area contributed by atoms with Crippen molar-refractivity contribution < 1.29 is 4.84 Å². The van der Waals surface area contributed by atoms with Crippen molar-refractivity contribution in [1.29, 1.82) is 0 Å². The summed E-state index contributed by atoms with van der Waals surface area (Å²) in [6.07, 6.45) is 5.43. The van der Waals surface area contributed by atoms with Crippen molar-refractivity contribution in [2.75, 3.05) is 6.61 Å². The molecule has 0 amide bonds. The minimum Gasteiger partial charge on any atom is -0.396 e. The Morgan fingerprint density at radius 1 is 1.67 bits per heavy atom. The van der Waals surface area contributed by atoms with Gasteiger partial charge in [0.05, 0.1) is 0 Å². The molecule has 1 aliphatic carbocycles. The van der Waals surface area contributed by atoms with E-state index < -0.39 is 0 Å². The summed E-state index contributed by atoms with van der Waals surface area (Å²) < 4.78 is 0. The topological polar surface area (TPSA) is 21.6 Å². The molecule has 0 aromatic rings. The number of rotatable bonds is 4. The quantitative estimate of drug-likeness (QED) is 0.417. The average Bonchev–Trinajstić information content (AvgIpc) is 2.63. The van der Waals surface area contributed by atoms with E-state index in [9.17, 15) is 0 Å². The zero-order valence-corrected chi connectivity index (χ0v) is 5.84. The second-order valence-corrected chi connectivity index (χ2v) is 2.44. The van der Waals surface area contributed by atoms with Gasteiger partial charge in [0, 0.05) is 6.21 Å². The van der Waals surface area contributed by atoms with Crippen LogP contribution in [0.3, 0.4) is 0 Å². The summed E-state index contributed by atoms with van der Waals surface area (Å²) in [4.78, 5) is 4.97. The molecule has 0 bridgehead atoms. The van der Waals surface area contributed by atoms with Crippen LogP contribution in [0.4, 0.5) is 0 Å². The van der Waals surface area contributed by atoms with Gasteiger partial charge in [-0.1, -0.05) is 12.1 Å². The SMILES string of the molecule is CCC=NOCC1CC1. The van der Waals surface area contributed by atoms with Crippen molar-refractivity contribution in [3.63, 3.8) is 0 Å². The van der Waals surface area contributed by atoms with Crippen molar-refractivity contribution in [3.05, 3.63) is 0 Å². The lowest BCUT2D eigenvalue weighted by Crippen LogP contribution is -1.88. The molecule has 1 aliphatic rings. The van der Waals surface area contributed by atoms with E-state index in [0.717, 1.165) is 18.9 Å². The summed E-state index contributed by atoms with van der Waals surface area (Å²) in [5.41, 5.74) is 0. The third-order valence-corrected chi connectivity index (χ3v) is 1.34. The van der Waals surface area contributed by atoms with Gasteiger partial charge in [0.25, 0.3) is 0 Å². The van der Waals surface area contributed by atoms with Crippen LogP contribution in [0, 0.1) is 5.92 Å². The van der Waals surface area contributed by atoms with Crippen LogP contribution in [-0.2, 0) is 4.84 Å². The van der Waals surface area contributed by atoms with Gasteiger partial charge in [-0.25, -0.2) is 0 Å². The lowest BCUT2D eigenvalue weighted by atomic mass is 10.5. The van der Waals surface area contributed by atoms with E-state index in [4.69, 9.17) is 4.84 Å². The second-order valence-electron chi connectivity index (χ2n) is 2.44. The highest BCUT2D eigenvalue weighted by molar-refractivity contribution is 5.55. The number of oxime groups is 1. The summed E-state index contributed by atoms with van der Waals surface area (Å²) in [5, 5.41) is 3.74. The first-order valence-corrected chi connectivity index (χ1v) is 3.57. The first-order chi connectivity index (χ1) is 4.43. The summed E-state index contributed by atoms with van der Waals surface area (Å²) in [5.74, 6) is 0.819. The van der Waals surface area contributed by atoms with Crippen molar-refractivity contribution in [2.24, 2.45) is 11.1 Å². The Labute approximate surface area is 55.9 Å². The first-order valence-electron chi connectivity index (χ1n) is 3.57. The Morgan fingerprint density at radius 3 is 3.00 bits per heavy atom. The fourth-order valence-corrected chi connectivity index (χ4v) is 0.560. The van der Waals surface area contributed by atoms with E-state index in [-0.39, 0.29) is 0 Å². The van der Waals surface area contributed by atoms with Crippen molar-refractivity contribution >= 4 is 6.21 Å². The highest BCUT2D eigenvalue weighted by Crippen LogP contribution is 2.28. The molecule has 0 heterocycles. The molecule has 52 valence electrons. The van der Waals surface area contributed by atoms with E-state index in [1.54, 1.807) is 6.21 Å². The monoisotopic (exact) mass is 127 g/mol. The van der Waals surface area contributed by atoms with Crippen LogP contribution >= 0.6 is 0 Å². The van der Waals surface area contributed by atoms with Crippen LogP contribution in [0.1, 0.15) is 26.2 Å². The zero-order chi connectivity index (χ0) is 6.53. The van der Waals surface area contributed by atoms with E-state index >= 15 is 0 Å². The molecule has 0 N–H and O–H groups in total.